The third-order valence-electron chi connectivity index (χ3n) is 5.72. The molecule has 1 unspecified atom stereocenters. The summed E-state index contributed by atoms with van der Waals surface area (Å²) in [5.74, 6) is 4.27. The molecule has 1 aliphatic heterocycles. The van der Waals surface area contributed by atoms with E-state index >= 15 is 0 Å². The zero-order valence-electron chi connectivity index (χ0n) is 20.8. The Morgan fingerprint density at radius 2 is 1.84 bits per heavy atom. The standard InChI is InChI=1S/C26H30N2O7S2/c1-4-5-15-34-21-11-13-22(14-12-21)37(32,33)28-20(16-23(29)30)18-36-26(2,3)24(28)25(31)27-35-17-19-9-7-6-8-10-19/h6-14,20,24H,15-18H2,1-3H3,(H,27,31)(H,29,30)/t20?,24-/m0/s1. The second-order valence-electron chi connectivity index (χ2n) is 8.83. The number of carbonyl (C=O) groups excluding carboxylic acids is 1. The number of carboxylic acid groups (broad SMARTS) is 1. The Kier molecular flexibility index (Phi) is 9.62. The molecule has 1 heterocycles. The molecular formula is C26H30N2O7S2. The number of rotatable bonds is 10. The molecule has 0 aliphatic carbocycles. The van der Waals surface area contributed by atoms with Crippen molar-refractivity contribution in [1.82, 2.24) is 9.79 Å². The van der Waals surface area contributed by atoms with E-state index in [9.17, 15) is 23.1 Å². The van der Waals surface area contributed by atoms with Gasteiger partial charge in [-0.15, -0.1) is 5.92 Å². The maximum Gasteiger partial charge on any atom is 0.305 e. The van der Waals surface area contributed by atoms with Crippen LogP contribution >= 0.6 is 11.8 Å². The fourth-order valence-electron chi connectivity index (χ4n) is 3.94. The number of hydroxylamine groups is 1. The van der Waals surface area contributed by atoms with Gasteiger partial charge in [-0.05, 0) is 50.6 Å². The summed E-state index contributed by atoms with van der Waals surface area (Å²) in [5, 5.41) is 9.50. The molecule has 0 aromatic heterocycles. The zero-order valence-corrected chi connectivity index (χ0v) is 22.5. The van der Waals surface area contributed by atoms with Crippen molar-refractivity contribution in [2.45, 2.75) is 55.5 Å². The SMILES string of the molecule is CC#CCOc1ccc(S(=O)(=O)N2C(CC(=O)O)CSC(C)(C)[C@@H]2C(=O)NOCc2ccccc2)cc1. The molecule has 3 rings (SSSR count). The number of ether oxygens (including phenoxy) is 1. The molecule has 1 fully saturated rings. The monoisotopic (exact) mass is 546 g/mol. The molecule has 1 saturated heterocycles. The highest BCUT2D eigenvalue weighted by Crippen LogP contribution is 2.42. The maximum atomic E-state index is 13.9. The summed E-state index contributed by atoms with van der Waals surface area (Å²) >= 11 is 1.35. The average Bonchev–Trinajstić information content (AvgIpc) is 2.85. The van der Waals surface area contributed by atoms with Crippen LogP contribution in [0.15, 0.2) is 59.5 Å². The van der Waals surface area contributed by atoms with Crippen LogP contribution in [0.2, 0.25) is 0 Å². The lowest BCUT2D eigenvalue weighted by Gasteiger charge is -2.47. The second-order valence-corrected chi connectivity index (χ2v) is 12.3. The van der Waals surface area contributed by atoms with Crippen LogP contribution in [0.1, 0.15) is 32.8 Å². The Bertz CT molecular complexity index is 1250. The minimum Gasteiger partial charge on any atom is -0.481 e. The Morgan fingerprint density at radius 1 is 1.16 bits per heavy atom. The number of benzene rings is 2. The van der Waals surface area contributed by atoms with Crippen LogP contribution in [-0.4, -0.2) is 58.9 Å². The lowest BCUT2D eigenvalue weighted by atomic mass is 10.00. The topological polar surface area (TPSA) is 122 Å². The molecule has 198 valence electrons. The summed E-state index contributed by atoms with van der Waals surface area (Å²) in [7, 11) is -4.28. The van der Waals surface area contributed by atoms with Crippen molar-refractivity contribution in [2.75, 3.05) is 12.4 Å². The first kappa shape index (κ1) is 28.5. The van der Waals surface area contributed by atoms with Crippen LogP contribution in [-0.2, 0) is 31.1 Å². The number of nitrogens with one attached hydrogen (secondary N) is 1. The molecule has 9 nitrogen and oxygen atoms in total. The fraction of sp³-hybridized carbons (Fsp3) is 0.385. The molecule has 2 aromatic carbocycles. The summed E-state index contributed by atoms with van der Waals surface area (Å²) in [4.78, 5) is 30.3. The van der Waals surface area contributed by atoms with Crippen LogP contribution in [0.4, 0.5) is 0 Å². The van der Waals surface area contributed by atoms with Crippen LogP contribution in [0.3, 0.4) is 0 Å². The van der Waals surface area contributed by atoms with Crippen LogP contribution in [0.5, 0.6) is 5.75 Å². The molecule has 2 aromatic rings. The highest BCUT2D eigenvalue weighted by Gasteiger charge is 2.52. The number of sulfonamides is 1. The van der Waals surface area contributed by atoms with Crippen LogP contribution in [0, 0.1) is 11.8 Å². The first-order valence-corrected chi connectivity index (χ1v) is 14.0. The smallest absolute Gasteiger partial charge is 0.305 e. The number of carboxylic acids is 1. The average molecular weight is 547 g/mol. The van der Waals surface area contributed by atoms with E-state index in [0.717, 1.165) is 9.87 Å². The quantitative estimate of drug-likeness (QED) is 0.344. The fourth-order valence-corrected chi connectivity index (χ4v) is 7.28. The molecule has 1 aliphatic rings. The van der Waals surface area contributed by atoms with Gasteiger partial charge in [0.15, 0.2) is 0 Å². The predicted octanol–water partition coefficient (Wildman–Crippen LogP) is 3.06. The van der Waals surface area contributed by atoms with Crippen LogP contribution < -0.4 is 10.2 Å². The van der Waals surface area contributed by atoms with E-state index < -0.39 is 45.2 Å². The van der Waals surface area contributed by atoms with Gasteiger partial charge in [0.2, 0.25) is 10.0 Å². The number of nitrogens with zero attached hydrogens (tertiary/aromatic N) is 1. The van der Waals surface area contributed by atoms with Crippen molar-refractivity contribution in [3.63, 3.8) is 0 Å². The highest BCUT2D eigenvalue weighted by atomic mass is 32.2. The molecule has 1 amide bonds. The Hall–Kier alpha value is -3.04. The molecule has 0 radical (unpaired) electrons. The summed E-state index contributed by atoms with van der Waals surface area (Å²) in [6.45, 7) is 5.44. The molecular weight excluding hydrogens is 516 g/mol. The van der Waals surface area contributed by atoms with Crippen molar-refractivity contribution in [1.29, 1.82) is 0 Å². The van der Waals surface area contributed by atoms with Gasteiger partial charge < -0.3 is 9.84 Å². The van der Waals surface area contributed by atoms with Gasteiger partial charge >= 0.3 is 5.97 Å². The van der Waals surface area contributed by atoms with E-state index in [1.165, 1.54) is 36.0 Å². The van der Waals surface area contributed by atoms with Crippen LogP contribution in [0.25, 0.3) is 0 Å². The molecule has 0 spiro atoms. The second kappa shape index (κ2) is 12.5. The molecule has 2 atom stereocenters. The van der Waals surface area contributed by atoms with E-state index in [1.807, 2.05) is 30.3 Å². The largest absolute Gasteiger partial charge is 0.481 e. The van der Waals surface area contributed by atoms with Gasteiger partial charge in [0.25, 0.3) is 5.91 Å². The Labute approximate surface area is 221 Å². The predicted molar refractivity (Wildman–Crippen MR) is 140 cm³/mol. The van der Waals surface area contributed by atoms with Crippen molar-refractivity contribution < 1.29 is 32.7 Å². The summed E-state index contributed by atoms with van der Waals surface area (Å²) in [6.07, 6.45) is -0.451. The Morgan fingerprint density at radius 3 is 2.46 bits per heavy atom. The number of hydrogen-bond donors (Lipinski definition) is 2. The van der Waals surface area contributed by atoms with Crippen molar-refractivity contribution >= 4 is 33.7 Å². The molecule has 37 heavy (non-hydrogen) atoms. The minimum atomic E-state index is -4.28. The molecule has 0 saturated carbocycles. The zero-order chi connectivity index (χ0) is 27.1. The van der Waals surface area contributed by atoms with Crippen molar-refractivity contribution in [3.05, 3.63) is 60.2 Å². The molecule has 0 bridgehead atoms. The van der Waals surface area contributed by atoms with Gasteiger partial charge in [0.05, 0.1) is 17.9 Å². The van der Waals surface area contributed by atoms with Gasteiger partial charge in [0.1, 0.15) is 18.4 Å². The Balaban J connectivity index is 1.91. The van der Waals surface area contributed by atoms with E-state index in [0.29, 0.717) is 5.75 Å². The van der Waals surface area contributed by atoms with E-state index in [2.05, 4.69) is 17.3 Å². The van der Waals surface area contributed by atoms with Gasteiger partial charge in [0, 0.05) is 16.5 Å². The van der Waals surface area contributed by atoms with Gasteiger partial charge in [-0.1, -0.05) is 36.3 Å². The lowest BCUT2D eigenvalue weighted by molar-refractivity contribution is -0.142. The first-order chi connectivity index (χ1) is 17.6. The third kappa shape index (κ3) is 7.26. The molecule has 11 heteroatoms. The summed E-state index contributed by atoms with van der Waals surface area (Å²) in [6, 6.07) is 12.7. The number of carbonyl (C=O) groups is 2. The number of thioether (sulfide) groups is 1. The summed E-state index contributed by atoms with van der Waals surface area (Å²) in [5.41, 5.74) is 3.20. The van der Waals surface area contributed by atoms with Gasteiger partial charge in [-0.25, -0.2) is 13.9 Å². The van der Waals surface area contributed by atoms with E-state index in [4.69, 9.17) is 9.57 Å². The number of amides is 1. The van der Waals surface area contributed by atoms with E-state index in [-0.39, 0.29) is 23.9 Å². The van der Waals surface area contributed by atoms with E-state index in [1.54, 1.807) is 20.8 Å². The van der Waals surface area contributed by atoms with Gasteiger partial charge in [-0.2, -0.15) is 16.1 Å². The molecule has 2 N–H and O–H groups in total. The highest BCUT2D eigenvalue weighted by molar-refractivity contribution is 8.01. The first-order valence-electron chi connectivity index (χ1n) is 11.5. The number of aliphatic carboxylic acids is 1. The normalized spacial score (nSPS) is 19.3. The maximum absolute atomic E-state index is 13.9. The van der Waals surface area contributed by atoms with Gasteiger partial charge in [-0.3, -0.25) is 14.4 Å². The minimum absolute atomic E-state index is 0.0810. The summed E-state index contributed by atoms with van der Waals surface area (Å²) < 4.78 is 33.4. The van der Waals surface area contributed by atoms with Crippen molar-refractivity contribution in [2.24, 2.45) is 0 Å². The number of hydrogen-bond acceptors (Lipinski definition) is 7. The van der Waals surface area contributed by atoms with Crippen molar-refractivity contribution in [3.8, 4) is 17.6 Å². The lowest BCUT2D eigenvalue weighted by Crippen LogP contribution is -2.65. The third-order valence-corrected chi connectivity index (χ3v) is 9.17.